The largest absolute Gasteiger partial charge is 0.484 e. The molecule has 0 unspecified atom stereocenters. The molecular formula is C19H20N2O3S. The number of thiazole rings is 1. The lowest BCUT2D eigenvalue weighted by Gasteiger charge is -2.34. The first kappa shape index (κ1) is 16.3. The highest BCUT2D eigenvalue weighted by atomic mass is 32.1. The Hall–Kier alpha value is -2.21. The molecule has 1 aromatic heterocycles. The smallest absolute Gasteiger partial charge is 0.265 e. The number of aromatic nitrogens is 1. The van der Waals surface area contributed by atoms with E-state index in [-0.39, 0.29) is 11.7 Å². The van der Waals surface area contributed by atoms with Crippen molar-refractivity contribution in [3.8, 4) is 5.75 Å². The van der Waals surface area contributed by atoms with Gasteiger partial charge >= 0.3 is 0 Å². The van der Waals surface area contributed by atoms with Crippen LogP contribution in [0.15, 0.2) is 24.3 Å². The van der Waals surface area contributed by atoms with E-state index in [1.54, 1.807) is 11.0 Å². The van der Waals surface area contributed by atoms with Gasteiger partial charge in [0.05, 0.1) is 29.2 Å². The SMILES string of the molecule is CCc1nc(C)c(C(=O)N2CC[C@@]3(CC(=O)c4ccccc4O3)C2)s1. The highest BCUT2D eigenvalue weighted by molar-refractivity contribution is 7.13. The number of ether oxygens (including phenoxy) is 1. The summed E-state index contributed by atoms with van der Waals surface area (Å²) in [6.07, 6.45) is 1.84. The Morgan fingerprint density at radius 1 is 1.40 bits per heavy atom. The topological polar surface area (TPSA) is 59.5 Å². The summed E-state index contributed by atoms with van der Waals surface area (Å²) in [5.74, 6) is 0.732. The molecule has 1 spiro atoms. The van der Waals surface area contributed by atoms with Crippen molar-refractivity contribution in [1.29, 1.82) is 0 Å². The van der Waals surface area contributed by atoms with Crippen molar-refractivity contribution < 1.29 is 14.3 Å². The minimum atomic E-state index is -0.590. The van der Waals surface area contributed by atoms with Crippen molar-refractivity contribution in [3.63, 3.8) is 0 Å². The number of amides is 1. The fraction of sp³-hybridized carbons (Fsp3) is 0.421. The summed E-state index contributed by atoms with van der Waals surface area (Å²) >= 11 is 1.47. The van der Waals surface area contributed by atoms with E-state index in [9.17, 15) is 9.59 Å². The maximum atomic E-state index is 12.9. The number of carbonyl (C=O) groups excluding carboxylic acids is 2. The number of aryl methyl sites for hydroxylation is 2. The highest BCUT2D eigenvalue weighted by Crippen LogP contribution is 2.39. The fourth-order valence-electron chi connectivity index (χ4n) is 3.63. The van der Waals surface area contributed by atoms with Crippen LogP contribution in [0.4, 0.5) is 0 Å². The van der Waals surface area contributed by atoms with E-state index in [2.05, 4.69) is 4.98 Å². The number of nitrogens with zero attached hydrogens (tertiary/aromatic N) is 2. The van der Waals surface area contributed by atoms with Crippen molar-refractivity contribution in [2.75, 3.05) is 13.1 Å². The zero-order chi connectivity index (χ0) is 17.6. The Balaban J connectivity index is 1.56. The van der Waals surface area contributed by atoms with Crippen molar-refractivity contribution >= 4 is 23.0 Å². The van der Waals surface area contributed by atoms with Crippen LogP contribution in [-0.4, -0.2) is 40.3 Å². The van der Waals surface area contributed by atoms with Crippen molar-refractivity contribution in [2.24, 2.45) is 0 Å². The van der Waals surface area contributed by atoms with Gasteiger partial charge in [0.25, 0.3) is 5.91 Å². The van der Waals surface area contributed by atoms with Crippen LogP contribution in [0.3, 0.4) is 0 Å². The van der Waals surface area contributed by atoms with E-state index < -0.39 is 5.60 Å². The molecule has 1 atom stereocenters. The number of rotatable bonds is 2. The lowest BCUT2D eigenvalue weighted by Crippen LogP contribution is -2.45. The fourth-order valence-corrected chi connectivity index (χ4v) is 4.61. The molecule has 3 heterocycles. The molecule has 2 aliphatic rings. The van der Waals surface area contributed by atoms with Crippen LogP contribution >= 0.6 is 11.3 Å². The second kappa shape index (κ2) is 5.95. The average molecular weight is 356 g/mol. The third-order valence-corrected chi connectivity index (χ3v) is 6.23. The number of benzene rings is 1. The van der Waals surface area contributed by atoms with Gasteiger partial charge in [0.2, 0.25) is 0 Å². The minimum absolute atomic E-state index is 0.00137. The third-order valence-electron chi connectivity index (χ3n) is 4.94. The Morgan fingerprint density at radius 3 is 2.96 bits per heavy atom. The third kappa shape index (κ3) is 2.74. The quantitative estimate of drug-likeness (QED) is 0.829. The second-order valence-electron chi connectivity index (χ2n) is 6.73. The number of fused-ring (bicyclic) bond motifs is 1. The molecule has 5 nitrogen and oxygen atoms in total. The molecule has 130 valence electrons. The zero-order valence-electron chi connectivity index (χ0n) is 14.4. The first-order valence-electron chi connectivity index (χ1n) is 8.58. The monoisotopic (exact) mass is 356 g/mol. The van der Waals surface area contributed by atoms with E-state index >= 15 is 0 Å². The van der Waals surface area contributed by atoms with E-state index in [1.807, 2.05) is 32.0 Å². The van der Waals surface area contributed by atoms with Crippen LogP contribution in [0, 0.1) is 6.92 Å². The lowest BCUT2D eigenvalue weighted by molar-refractivity contribution is 0.0429. The van der Waals surface area contributed by atoms with E-state index in [1.165, 1.54) is 11.3 Å². The summed E-state index contributed by atoms with van der Waals surface area (Å²) in [6, 6.07) is 7.35. The zero-order valence-corrected chi connectivity index (χ0v) is 15.2. The van der Waals surface area contributed by atoms with Gasteiger partial charge in [-0.1, -0.05) is 19.1 Å². The molecule has 6 heteroatoms. The van der Waals surface area contributed by atoms with Crippen LogP contribution < -0.4 is 4.74 Å². The Morgan fingerprint density at radius 2 is 2.20 bits per heavy atom. The first-order chi connectivity index (χ1) is 12.0. The summed E-state index contributed by atoms with van der Waals surface area (Å²) in [4.78, 5) is 32.4. The van der Waals surface area contributed by atoms with Gasteiger partial charge in [-0.25, -0.2) is 4.98 Å². The molecule has 0 N–H and O–H groups in total. The van der Waals surface area contributed by atoms with Crippen LogP contribution in [0.5, 0.6) is 5.75 Å². The number of carbonyl (C=O) groups is 2. The first-order valence-corrected chi connectivity index (χ1v) is 9.40. The van der Waals surface area contributed by atoms with Crippen molar-refractivity contribution in [1.82, 2.24) is 9.88 Å². The van der Waals surface area contributed by atoms with Gasteiger partial charge in [-0.2, -0.15) is 0 Å². The molecular weight excluding hydrogens is 336 g/mol. The van der Waals surface area contributed by atoms with Gasteiger partial charge in [-0.3, -0.25) is 9.59 Å². The molecule has 25 heavy (non-hydrogen) atoms. The molecule has 1 saturated heterocycles. The van der Waals surface area contributed by atoms with Gasteiger partial charge in [-0.15, -0.1) is 11.3 Å². The number of hydrogen-bond donors (Lipinski definition) is 0. The number of para-hydroxylation sites is 1. The molecule has 0 aliphatic carbocycles. The van der Waals surface area contributed by atoms with E-state index in [0.29, 0.717) is 42.1 Å². The number of likely N-dealkylation sites (tertiary alicyclic amines) is 1. The normalized spacial score (nSPS) is 22.2. The summed E-state index contributed by atoms with van der Waals surface area (Å²) in [5, 5.41) is 0.979. The lowest BCUT2D eigenvalue weighted by atomic mass is 9.89. The van der Waals surface area contributed by atoms with Gasteiger partial charge in [0, 0.05) is 13.0 Å². The van der Waals surface area contributed by atoms with Crippen molar-refractivity contribution in [2.45, 2.75) is 38.7 Å². The van der Waals surface area contributed by atoms with Gasteiger partial charge < -0.3 is 9.64 Å². The maximum Gasteiger partial charge on any atom is 0.265 e. The average Bonchev–Trinajstić information content (AvgIpc) is 3.18. The summed E-state index contributed by atoms with van der Waals surface area (Å²) in [6.45, 7) is 4.97. The molecule has 0 radical (unpaired) electrons. The molecule has 1 amide bonds. The van der Waals surface area contributed by atoms with Gasteiger partial charge in [0.1, 0.15) is 16.2 Å². The summed E-state index contributed by atoms with van der Waals surface area (Å²) in [7, 11) is 0. The Labute approximate surface area is 150 Å². The Kier molecular flexibility index (Phi) is 3.87. The van der Waals surface area contributed by atoms with Gasteiger partial charge in [-0.05, 0) is 25.5 Å². The molecule has 1 aromatic carbocycles. The molecule has 0 saturated carbocycles. The minimum Gasteiger partial charge on any atom is -0.484 e. The molecule has 2 aromatic rings. The summed E-state index contributed by atoms with van der Waals surface area (Å²) in [5.41, 5.74) is 0.843. The maximum absolute atomic E-state index is 12.9. The van der Waals surface area contributed by atoms with Crippen LogP contribution in [0.1, 0.15) is 50.5 Å². The second-order valence-corrected chi connectivity index (χ2v) is 7.82. The summed E-state index contributed by atoms with van der Waals surface area (Å²) < 4.78 is 6.20. The van der Waals surface area contributed by atoms with Crippen LogP contribution in [0.2, 0.25) is 0 Å². The predicted molar refractivity (Wildman–Crippen MR) is 95.5 cm³/mol. The Bertz CT molecular complexity index is 860. The van der Waals surface area contributed by atoms with Crippen LogP contribution in [0.25, 0.3) is 0 Å². The standard InChI is InChI=1S/C19H20N2O3S/c1-3-16-20-12(2)17(25-16)18(23)21-9-8-19(11-21)10-14(22)13-6-4-5-7-15(13)24-19/h4-7H,3,8-11H2,1-2H3/t19-/m1/s1. The van der Waals surface area contributed by atoms with E-state index in [0.717, 1.165) is 17.1 Å². The number of hydrogen-bond acceptors (Lipinski definition) is 5. The molecule has 0 bridgehead atoms. The van der Waals surface area contributed by atoms with Gasteiger partial charge in [0.15, 0.2) is 5.78 Å². The van der Waals surface area contributed by atoms with Crippen molar-refractivity contribution in [3.05, 3.63) is 45.4 Å². The number of ketones is 1. The van der Waals surface area contributed by atoms with Crippen LogP contribution in [-0.2, 0) is 6.42 Å². The predicted octanol–water partition coefficient (Wildman–Crippen LogP) is 3.26. The molecule has 2 aliphatic heterocycles. The molecule has 4 rings (SSSR count). The highest BCUT2D eigenvalue weighted by Gasteiger charge is 2.47. The van der Waals surface area contributed by atoms with E-state index in [4.69, 9.17) is 4.74 Å². The number of Topliss-reactive ketones (excluding diaryl/α,β-unsaturated/α-hetero) is 1. The molecule has 1 fully saturated rings.